The number of hydrogen-bond donors (Lipinski definition) is 1. The Balaban J connectivity index is 2.08. The van der Waals surface area contributed by atoms with Crippen LogP contribution in [-0.4, -0.2) is 14.5 Å². The summed E-state index contributed by atoms with van der Waals surface area (Å²) in [4.78, 5) is 8.34. The first-order chi connectivity index (χ1) is 8.18. The Hall–Kier alpha value is -1.36. The van der Waals surface area contributed by atoms with Crippen LogP contribution in [0.1, 0.15) is 25.6 Å². The Bertz CT molecular complexity index is 493. The van der Waals surface area contributed by atoms with Crippen molar-refractivity contribution in [2.24, 2.45) is 0 Å². The molecule has 90 valence electrons. The molecule has 2 heterocycles. The highest BCUT2D eigenvalue weighted by atomic mass is 79.9. The van der Waals surface area contributed by atoms with Gasteiger partial charge in [-0.15, -0.1) is 0 Å². The molecule has 0 atom stereocenters. The molecule has 2 aromatic heterocycles. The van der Waals surface area contributed by atoms with Crippen molar-refractivity contribution in [3.63, 3.8) is 0 Å². The molecule has 0 saturated heterocycles. The van der Waals surface area contributed by atoms with Crippen molar-refractivity contribution < 1.29 is 0 Å². The molecule has 5 heteroatoms. The lowest BCUT2D eigenvalue weighted by molar-refractivity contribution is 0.577. The van der Waals surface area contributed by atoms with Crippen molar-refractivity contribution in [2.75, 3.05) is 5.32 Å². The predicted molar refractivity (Wildman–Crippen MR) is 71.9 cm³/mol. The van der Waals surface area contributed by atoms with Crippen LogP contribution in [0.5, 0.6) is 0 Å². The third-order valence-corrected chi connectivity index (χ3v) is 3.15. The first kappa shape index (κ1) is 12.1. The van der Waals surface area contributed by atoms with Gasteiger partial charge in [-0.1, -0.05) is 0 Å². The molecule has 0 unspecified atom stereocenters. The van der Waals surface area contributed by atoms with Gasteiger partial charge in [0.05, 0.1) is 24.3 Å². The summed E-state index contributed by atoms with van der Waals surface area (Å²) in [7, 11) is 0. The smallest absolute Gasteiger partial charge is 0.129 e. The molecular weight excluding hydrogens is 280 g/mol. The lowest BCUT2D eigenvalue weighted by atomic mass is 10.3. The average Bonchev–Trinajstić information content (AvgIpc) is 2.76. The fourth-order valence-corrected chi connectivity index (χ4v) is 2.03. The van der Waals surface area contributed by atoms with E-state index in [4.69, 9.17) is 0 Å². The zero-order valence-corrected chi connectivity index (χ0v) is 11.5. The monoisotopic (exact) mass is 294 g/mol. The molecule has 0 aliphatic rings. The van der Waals surface area contributed by atoms with Crippen molar-refractivity contribution in [3.8, 4) is 0 Å². The summed E-state index contributed by atoms with van der Waals surface area (Å²) >= 11 is 3.41. The van der Waals surface area contributed by atoms with E-state index >= 15 is 0 Å². The van der Waals surface area contributed by atoms with Crippen LogP contribution >= 0.6 is 15.9 Å². The van der Waals surface area contributed by atoms with Crippen molar-refractivity contribution >= 4 is 21.6 Å². The Kier molecular flexibility index (Phi) is 3.78. The summed E-state index contributed by atoms with van der Waals surface area (Å²) in [5, 5.41) is 3.34. The van der Waals surface area contributed by atoms with Gasteiger partial charge in [0.1, 0.15) is 4.60 Å². The third-order valence-electron chi connectivity index (χ3n) is 2.52. The topological polar surface area (TPSA) is 42.7 Å². The van der Waals surface area contributed by atoms with Gasteiger partial charge >= 0.3 is 0 Å². The third kappa shape index (κ3) is 2.85. The minimum absolute atomic E-state index is 0.423. The summed E-state index contributed by atoms with van der Waals surface area (Å²) in [6.45, 7) is 5.03. The summed E-state index contributed by atoms with van der Waals surface area (Å²) in [6.07, 6.45) is 5.50. The predicted octanol–water partition coefficient (Wildman–Crippen LogP) is 3.23. The highest BCUT2D eigenvalue weighted by molar-refractivity contribution is 9.10. The molecule has 0 aromatic carbocycles. The van der Waals surface area contributed by atoms with Gasteiger partial charge in [-0.3, -0.25) is 0 Å². The number of anilines is 1. The lowest BCUT2D eigenvalue weighted by Crippen LogP contribution is -2.09. The van der Waals surface area contributed by atoms with Crippen molar-refractivity contribution in [2.45, 2.75) is 26.4 Å². The number of halogens is 1. The molecule has 0 aliphatic heterocycles. The maximum absolute atomic E-state index is 4.17. The number of rotatable bonds is 4. The molecule has 0 radical (unpaired) electrons. The van der Waals surface area contributed by atoms with Gasteiger partial charge in [0.25, 0.3) is 0 Å². The largest absolute Gasteiger partial charge is 0.377 e. The van der Waals surface area contributed by atoms with Gasteiger partial charge < -0.3 is 9.88 Å². The molecular formula is C12H15BrN4. The zero-order valence-electron chi connectivity index (χ0n) is 9.89. The molecule has 4 nitrogen and oxygen atoms in total. The second kappa shape index (κ2) is 5.31. The van der Waals surface area contributed by atoms with Crippen molar-refractivity contribution in [1.29, 1.82) is 0 Å². The van der Waals surface area contributed by atoms with Crippen LogP contribution in [0.3, 0.4) is 0 Å². The number of hydrogen-bond acceptors (Lipinski definition) is 3. The van der Waals surface area contributed by atoms with E-state index in [0.29, 0.717) is 6.04 Å². The molecule has 0 aliphatic carbocycles. The van der Waals surface area contributed by atoms with E-state index in [2.05, 4.69) is 49.6 Å². The number of aromatic nitrogens is 3. The van der Waals surface area contributed by atoms with Crippen molar-refractivity contribution in [1.82, 2.24) is 14.5 Å². The molecule has 0 saturated carbocycles. The van der Waals surface area contributed by atoms with E-state index in [9.17, 15) is 0 Å². The first-order valence-corrected chi connectivity index (χ1v) is 6.33. The van der Waals surface area contributed by atoms with Gasteiger partial charge in [-0.2, -0.15) is 0 Å². The fraction of sp³-hybridized carbons (Fsp3) is 0.333. The minimum atomic E-state index is 0.423. The highest BCUT2D eigenvalue weighted by Crippen LogP contribution is 2.19. The van der Waals surface area contributed by atoms with E-state index in [0.717, 1.165) is 22.5 Å². The van der Waals surface area contributed by atoms with E-state index < -0.39 is 0 Å². The number of nitrogens with one attached hydrogen (secondary N) is 1. The van der Waals surface area contributed by atoms with E-state index in [1.165, 1.54) is 0 Å². The van der Waals surface area contributed by atoms with Crippen LogP contribution in [0, 0.1) is 0 Å². The summed E-state index contributed by atoms with van der Waals surface area (Å²) in [5.41, 5.74) is 2.15. The van der Waals surface area contributed by atoms with Gasteiger partial charge in [0, 0.05) is 18.4 Å². The molecule has 0 fully saturated rings. The molecule has 2 rings (SSSR count). The summed E-state index contributed by atoms with van der Waals surface area (Å²) < 4.78 is 2.98. The average molecular weight is 295 g/mol. The second-order valence-corrected chi connectivity index (χ2v) is 4.83. The van der Waals surface area contributed by atoms with E-state index in [1.807, 2.05) is 24.7 Å². The molecule has 0 bridgehead atoms. The standard InChI is InChI=1S/C12H15BrN4/c1-9(2)17-8-14-6-10(17)7-16-11-4-3-5-15-12(11)13/h3-6,8-9,16H,7H2,1-2H3. The van der Waals surface area contributed by atoms with Crippen LogP contribution < -0.4 is 5.32 Å². The lowest BCUT2D eigenvalue weighted by Gasteiger charge is -2.13. The Morgan fingerprint density at radius 1 is 1.47 bits per heavy atom. The number of nitrogens with zero attached hydrogens (tertiary/aromatic N) is 3. The number of pyridine rings is 1. The molecule has 0 spiro atoms. The van der Waals surface area contributed by atoms with E-state index in [-0.39, 0.29) is 0 Å². The Morgan fingerprint density at radius 2 is 2.29 bits per heavy atom. The fourth-order valence-electron chi connectivity index (χ4n) is 1.64. The van der Waals surface area contributed by atoms with Gasteiger partial charge in [-0.25, -0.2) is 9.97 Å². The van der Waals surface area contributed by atoms with Crippen LogP contribution in [0.2, 0.25) is 0 Å². The summed E-state index contributed by atoms with van der Waals surface area (Å²) in [5.74, 6) is 0. The Morgan fingerprint density at radius 3 is 3.00 bits per heavy atom. The van der Waals surface area contributed by atoms with Crippen LogP contribution in [0.15, 0.2) is 35.5 Å². The van der Waals surface area contributed by atoms with Crippen LogP contribution in [0.4, 0.5) is 5.69 Å². The minimum Gasteiger partial charge on any atom is -0.377 e. The van der Waals surface area contributed by atoms with E-state index in [1.54, 1.807) is 6.20 Å². The Labute approximate surface area is 109 Å². The first-order valence-electron chi connectivity index (χ1n) is 5.53. The van der Waals surface area contributed by atoms with Gasteiger partial charge in [0.2, 0.25) is 0 Å². The maximum Gasteiger partial charge on any atom is 0.129 e. The highest BCUT2D eigenvalue weighted by Gasteiger charge is 2.06. The van der Waals surface area contributed by atoms with Crippen molar-refractivity contribution in [3.05, 3.63) is 41.2 Å². The van der Waals surface area contributed by atoms with Crippen LogP contribution in [-0.2, 0) is 6.54 Å². The molecule has 17 heavy (non-hydrogen) atoms. The zero-order chi connectivity index (χ0) is 12.3. The van der Waals surface area contributed by atoms with Gasteiger partial charge in [-0.05, 0) is 41.9 Å². The van der Waals surface area contributed by atoms with Gasteiger partial charge in [0.15, 0.2) is 0 Å². The molecule has 1 N–H and O–H groups in total. The maximum atomic E-state index is 4.17. The molecule has 2 aromatic rings. The second-order valence-electron chi connectivity index (χ2n) is 4.08. The SMILES string of the molecule is CC(C)n1cncc1CNc1cccnc1Br. The van der Waals surface area contributed by atoms with Crippen LogP contribution in [0.25, 0.3) is 0 Å². The normalized spacial score (nSPS) is 10.8. The quantitative estimate of drug-likeness (QED) is 0.881. The summed E-state index contributed by atoms with van der Waals surface area (Å²) in [6, 6.07) is 4.33. The number of imidazole rings is 1. The molecule has 0 amide bonds.